The summed E-state index contributed by atoms with van der Waals surface area (Å²) in [5.74, 6) is 0.228. The molecule has 1 amide bonds. The number of hydrogen-bond donors (Lipinski definition) is 1. The highest BCUT2D eigenvalue weighted by Crippen LogP contribution is 2.21. The first-order valence-electron chi connectivity index (χ1n) is 6.56. The Balaban J connectivity index is 1.89. The highest BCUT2D eigenvalue weighted by atomic mass is 79.9. The summed E-state index contributed by atoms with van der Waals surface area (Å²) in [6.07, 6.45) is 2.28. The lowest BCUT2D eigenvalue weighted by molar-refractivity contribution is -0.131. The zero-order valence-electron chi connectivity index (χ0n) is 11.2. The summed E-state index contributed by atoms with van der Waals surface area (Å²) in [5, 5.41) is 0. The van der Waals surface area contributed by atoms with Crippen LogP contribution in [0.2, 0.25) is 0 Å². The molecule has 0 unspecified atom stereocenters. The zero-order chi connectivity index (χ0) is 13.8. The topological polar surface area (TPSA) is 49.6 Å². The average molecular weight is 326 g/mol. The first kappa shape index (κ1) is 14.3. The molecule has 0 saturated carbocycles. The molecule has 1 aromatic carbocycles. The predicted octanol–water partition coefficient (Wildman–Crippen LogP) is 2.09. The third-order valence-electron chi connectivity index (χ3n) is 3.38. The van der Waals surface area contributed by atoms with Crippen LogP contribution in [-0.4, -0.2) is 42.4 Å². The van der Waals surface area contributed by atoms with Gasteiger partial charge in [0.1, 0.15) is 0 Å². The molecule has 1 heterocycles. The number of benzene rings is 1. The van der Waals surface area contributed by atoms with Crippen LogP contribution in [0.3, 0.4) is 0 Å². The molecular formula is C14H20BrN3O. The van der Waals surface area contributed by atoms with Crippen LogP contribution < -0.4 is 5.73 Å². The van der Waals surface area contributed by atoms with Gasteiger partial charge in [-0.2, -0.15) is 0 Å². The number of likely N-dealkylation sites (tertiary alicyclic amines) is 1. The first-order valence-corrected chi connectivity index (χ1v) is 7.36. The van der Waals surface area contributed by atoms with E-state index in [1.54, 1.807) is 0 Å². The smallest absolute Gasteiger partial charge is 0.236 e. The highest BCUT2D eigenvalue weighted by Gasteiger charge is 2.19. The fraction of sp³-hybridized carbons (Fsp3) is 0.500. The lowest BCUT2D eigenvalue weighted by Gasteiger charge is -2.21. The maximum absolute atomic E-state index is 12.0. The Kier molecular flexibility index (Phi) is 4.82. The van der Waals surface area contributed by atoms with E-state index in [2.05, 4.69) is 15.9 Å². The minimum atomic E-state index is 0.228. The number of carbonyl (C=O) groups is 1. The van der Waals surface area contributed by atoms with E-state index in [1.807, 2.05) is 35.0 Å². The van der Waals surface area contributed by atoms with E-state index in [-0.39, 0.29) is 5.91 Å². The van der Waals surface area contributed by atoms with E-state index >= 15 is 0 Å². The molecule has 19 heavy (non-hydrogen) atoms. The summed E-state index contributed by atoms with van der Waals surface area (Å²) in [6.45, 7) is 3.04. The second kappa shape index (κ2) is 6.39. The summed E-state index contributed by atoms with van der Waals surface area (Å²) in [4.78, 5) is 16.0. The number of halogens is 1. The molecule has 1 aromatic rings. The van der Waals surface area contributed by atoms with E-state index in [9.17, 15) is 4.79 Å². The van der Waals surface area contributed by atoms with Crippen LogP contribution in [0.15, 0.2) is 22.7 Å². The molecular weight excluding hydrogens is 306 g/mol. The Morgan fingerprint density at radius 2 is 2.11 bits per heavy atom. The van der Waals surface area contributed by atoms with Gasteiger partial charge < -0.3 is 10.6 Å². The number of amides is 1. The minimum absolute atomic E-state index is 0.228. The van der Waals surface area contributed by atoms with E-state index in [0.717, 1.165) is 48.2 Å². The molecule has 1 aliphatic rings. The molecule has 1 aliphatic heterocycles. The lowest BCUT2D eigenvalue weighted by Crippen LogP contribution is -2.37. The van der Waals surface area contributed by atoms with Gasteiger partial charge in [0.15, 0.2) is 0 Å². The van der Waals surface area contributed by atoms with Crippen molar-refractivity contribution in [2.45, 2.75) is 19.4 Å². The van der Waals surface area contributed by atoms with Crippen molar-refractivity contribution in [3.8, 4) is 0 Å². The summed E-state index contributed by atoms with van der Waals surface area (Å²) >= 11 is 3.51. The van der Waals surface area contributed by atoms with Crippen molar-refractivity contribution in [3.05, 3.63) is 28.2 Å². The number of carbonyl (C=O) groups excluding carboxylic acids is 1. The minimum Gasteiger partial charge on any atom is -0.399 e. The molecule has 1 saturated heterocycles. The molecule has 0 atom stereocenters. The van der Waals surface area contributed by atoms with Gasteiger partial charge in [-0.1, -0.05) is 22.0 Å². The predicted molar refractivity (Wildman–Crippen MR) is 80.7 cm³/mol. The molecule has 1 fully saturated rings. The number of anilines is 1. The van der Waals surface area contributed by atoms with Gasteiger partial charge in [-0.05, 0) is 37.6 Å². The van der Waals surface area contributed by atoms with E-state index < -0.39 is 0 Å². The quantitative estimate of drug-likeness (QED) is 0.862. The standard InChI is InChI=1S/C14H20BrN3O/c1-17(10-14(19)18-6-2-3-7-18)9-11-4-5-12(16)8-13(11)15/h4-5,8H,2-3,6-7,9-10,16H2,1H3. The second-order valence-electron chi connectivity index (χ2n) is 5.11. The average Bonchev–Trinajstić information content (AvgIpc) is 2.86. The summed E-state index contributed by atoms with van der Waals surface area (Å²) < 4.78 is 0.993. The summed E-state index contributed by atoms with van der Waals surface area (Å²) in [5.41, 5.74) is 7.60. The third kappa shape index (κ3) is 3.94. The molecule has 2 N–H and O–H groups in total. The number of hydrogen-bond acceptors (Lipinski definition) is 3. The molecule has 5 heteroatoms. The van der Waals surface area contributed by atoms with E-state index in [0.29, 0.717) is 6.54 Å². The second-order valence-corrected chi connectivity index (χ2v) is 5.97. The summed E-state index contributed by atoms with van der Waals surface area (Å²) in [6, 6.07) is 5.78. The highest BCUT2D eigenvalue weighted by molar-refractivity contribution is 9.10. The molecule has 0 aliphatic carbocycles. The molecule has 0 bridgehead atoms. The fourth-order valence-corrected chi connectivity index (χ4v) is 2.86. The molecule has 2 rings (SSSR count). The third-order valence-corrected chi connectivity index (χ3v) is 4.12. The Morgan fingerprint density at radius 3 is 2.74 bits per heavy atom. The van der Waals surface area contributed by atoms with Crippen LogP contribution in [0, 0.1) is 0 Å². The fourth-order valence-electron chi connectivity index (χ4n) is 2.34. The SMILES string of the molecule is CN(CC(=O)N1CCCC1)Cc1ccc(N)cc1Br. The van der Waals surface area contributed by atoms with Crippen LogP contribution in [0.4, 0.5) is 5.69 Å². The molecule has 0 radical (unpaired) electrons. The van der Waals surface area contributed by atoms with Gasteiger partial charge in [-0.3, -0.25) is 9.69 Å². The van der Waals surface area contributed by atoms with Gasteiger partial charge in [0, 0.05) is 29.8 Å². The van der Waals surface area contributed by atoms with Crippen molar-refractivity contribution in [3.63, 3.8) is 0 Å². The number of nitrogens with two attached hydrogens (primary N) is 1. The van der Waals surface area contributed by atoms with E-state index in [4.69, 9.17) is 5.73 Å². The van der Waals surface area contributed by atoms with Crippen molar-refractivity contribution >= 4 is 27.5 Å². The van der Waals surface area contributed by atoms with Crippen molar-refractivity contribution in [2.75, 3.05) is 32.4 Å². The number of likely N-dealkylation sites (N-methyl/N-ethyl adjacent to an activating group) is 1. The Morgan fingerprint density at radius 1 is 1.42 bits per heavy atom. The van der Waals surface area contributed by atoms with Crippen LogP contribution in [0.1, 0.15) is 18.4 Å². The number of nitrogen functional groups attached to an aromatic ring is 1. The lowest BCUT2D eigenvalue weighted by atomic mass is 10.2. The van der Waals surface area contributed by atoms with Crippen molar-refractivity contribution in [2.24, 2.45) is 0 Å². The molecule has 0 aromatic heterocycles. The monoisotopic (exact) mass is 325 g/mol. The molecule has 0 spiro atoms. The van der Waals surface area contributed by atoms with Gasteiger partial charge in [0.25, 0.3) is 0 Å². The van der Waals surface area contributed by atoms with Gasteiger partial charge in [-0.15, -0.1) is 0 Å². The van der Waals surface area contributed by atoms with Gasteiger partial charge in [-0.25, -0.2) is 0 Å². The van der Waals surface area contributed by atoms with Crippen molar-refractivity contribution in [1.29, 1.82) is 0 Å². The Labute approximate surface area is 122 Å². The number of nitrogens with zero attached hydrogens (tertiary/aromatic N) is 2. The van der Waals surface area contributed by atoms with Crippen molar-refractivity contribution < 1.29 is 4.79 Å². The van der Waals surface area contributed by atoms with Crippen LogP contribution >= 0.6 is 15.9 Å². The maximum atomic E-state index is 12.0. The Hall–Kier alpha value is -1.07. The van der Waals surface area contributed by atoms with Crippen LogP contribution in [0.5, 0.6) is 0 Å². The first-order chi connectivity index (χ1) is 9.06. The van der Waals surface area contributed by atoms with Crippen LogP contribution in [-0.2, 0) is 11.3 Å². The van der Waals surface area contributed by atoms with E-state index in [1.165, 1.54) is 0 Å². The largest absolute Gasteiger partial charge is 0.399 e. The van der Waals surface area contributed by atoms with Gasteiger partial charge in [0.2, 0.25) is 5.91 Å². The summed E-state index contributed by atoms with van der Waals surface area (Å²) in [7, 11) is 1.97. The van der Waals surface area contributed by atoms with Gasteiger partial charge >= 0.3 is 0 Å². The normalized spacial score (nSPS) is 15.2. The number of rotatable bonds is 4. The van der Waals surface area contributed by atoms with Crippen molar-refractivity contribution in [1.82, 2.24) is 9.80 Å². The zero-order valence-corrected chi connectivity index (χ0v) is 12.8. The van der Waals surface area contributed by atoms with Gasteiger partial charge in [0.05, 0.1) is 6.54 Å². The maximum Gasteiger partial charge on any atom is 0.236 e. The molecule has 104 valence electrons. The van der Waals surface area contributed by atoms with Crippen LogP contribution in [0.25, 0.3) is 0 Å². The Bertz CT molecular complexity index is 458. The molecule has 4 nitrogen and oxygen atoms in total.